The number of hydrogen-bond donors (Lipinski definition) is 0. The van der Waals surface area contributed by atoms with Gasteiger partial charge in [0.25, 0.3) is 0 Å². The molecule has 0 saturated carbocycles. The molecule has 2 amide bonds. The van der Waals surface area contributed by atoms with E-state index in [0.29, 0.717) is 11.8 Å². The number of halogens is 2. The van der Waals surface area contributed by atoms with Crippen LogP contribution in [0.5, 0.6) is 0 Å². The first-order valence-electron chi connectivity index (χ1n) is 24.7. The number of hydrogen-bond acceptors (Lipinski definition) is 4. The van der Waals surface area contributed by atoms with E-state index in [4.69, 9.17) is 3.07 Å². The second-order valence-electron chi connectivity index (χ2n) is 16.9. The van der Waals surface area contributed by atoms with Crippen molar-refractivity contribution in [1.82, 2.24) is 14.7 Å². The summed E-state index contributed by atoms with van der Waals surface area (Å²) in [6.45, 7) is 17.4. The van der Waals surface area contributed by atoms with Crippen molar-refractivity contribution >= 4 is 30.4 Å². The Morgan fingerprint density at radius 3 is 0.982 bits per heavy atom. The number of carbonyl (C=O) groups excluding carboxylic acids is 2. The third-order valence-electron chi connectivity index (χ3n) is 11.5. The molecule has 0 unspecified atom stereocenters. The van der Waals surface area contributed by atoms with Gasteiger partial charge in [-0.1, -0.05) is 130 Å². The van der Waals surface area contributed by atoms with Crippen LogP contribution >= 0.6 is 18.6 Å². The molecule has 0 spiro atoms. The van der Waals surface area contributed by atoms with E-state index in [1.54, 1.807) is 0 Å². The minimum absolute atomic E-state index is 0.0915. The maximum absolute atomic E-state index is 13.2. The number of unbranched alkanes of at least 4 members (excludes halogenated alkanes) is 25. The molecule has 8 heteroatoms. The van der Waals surface area contributed by atoms with Gasteiger partial charge in [0.15, 0.2) is 0 Å². The van der Waals surface area contributed by atoms with Crippen molar-refractivity contribution in [2.24, 2.45) is 0 Å². The van der Waals surface area contributed by atoms with Gasteiger partial charge < -0.3 is 9.80 Å². The van der Waals surface area contributed by atoms with E-state index in [1.165, 1.54) is 199 Å². The van der Waals surface area contributed by atoms with Crippen LogP contribution in [0.25, 0.3) is 0 Å². The van der Waals surface area contributed by atoms with Crippen molar-refractivity contribution in [3.63, 3.8) is 0 Å². The molecule has 336 valence electrons. The Balaban J connectivity index is 4.48. The summed E-state index contributed by atoms with van der Waals surface area (Å²) >= 11 is 2.31. The van der Waals surface area contributed by atoms with Gasteiger partial charge in [-0.2, -0.15) is 0 Å². The van der Waals surface area contributed by atoms with Crippen molar-refractivity contribution in [3.8, 4) is 0 Å². The molecule has 0 rings (SSSR count). The van der Waals surface area contributed by atoms with E-state index in [0.717, 1.165) is 71.3 Å². The van der Waals surface area contributed by atoms with Crippen molar-refractivity contribution in [2.75, 3.05) is 52.4 Å². The molecular weight excluding hydrogens is 920 g/mol. The molecule has 56 heavy (non-hydrogen) atoms. The predicted octanol–water partition coefficient (Wildman–Crippen LogP) is 11.7. The zero-order valence-corrected chi connectivity index (χ0v) is 42.3. The fourth-order valence-electron chi connectivity index (χ4n) is 7.80. The second kappa shape index (κ2) is 46.4. The molecule has 0 aromatic rings. The number of carbonyl (C=O) groups is 2. The number of rotatable bonds is 46. The van der Waals surface area contributed by atoms with Crippen LogP contribution in [0.4, 0.5) is 0 Å². The molecule has 0 radical (unpaired) electrons. The second-order valence-corrected chi connectivity index (χ2v) is 20.1. The first-order chi connectivity index (χ1) is 27.5. The summed E-state index contributed by atoms with van der Waals surface area (Å²) in [4.78, 5) is 33.5. The molecule has 0 aromatic carbocycles. The average Bonchev–Trinajstić information content (AvgIpc) is 3.20. The summed E-state index contributed by atoms with van der Waals surface area (Å²) in [5.41, 5.74) is 0. The topological polar surface area (TPSA) is 53.1 Å². The van der Waals surface area contributed by atoms with Crippen molar-refractivity contribution in [3.05, 3.63) is 0 Å². The van der Waals surface area contributed by atoms with Gasteiger partial charge in [-0.05, 0) is 25.7 Å². The maximum atomic E-state index is 13.2. The van der Waals surface area contributed by atoms with Crippen LogP contribution in [-0.2, 0) is 12.7 Å². The van der Waals surface area contributed by atoms with E-state index in [-0.39, 0.29) is 17.6 Å². The summed E-state index contributed by atoms with van der Waals surface area (Å²) in [5.74, 6) is 0.814. The molecule has 0 aliphatic rings. The van der Waals surface area contributed by atoms with Gasteiger partial charge >= 0.3 is 148 Å². The van der Waals surface area contributed by atoms with Crippen LogP contribution < -0.4 is 17.6 Å². The Labute approximate surface area is 371 Å². The van der Waals surface area contributed by atoms with Crippen LogP contribution in [0.3, 0.4) is 0 Å². The minimum atomic E-state index is -0.0915. The molecule has 0 aromatic heterocycles. The van der Waals surface area contributed by atoms with E-state index >= 15 is 0 Å². The molecular formula is C48H96I2N3O3-. The average molecular weight is 1020 g/mol. The van der Waals surface area contributed by atoms with Gasteiger partial charge in [-0.15, -0.1) is 0 Å². The van der Waals surface area contributed by atoms with Crippen LogP contribution in [0.15, 0.2) is 0 Å². The molecule has 0 aliphatic carbocycles. The SMILES string of the molecule is CCCCCCCCN(CCCCCC)C(=O)CCCCCCCN(CCCCCCCC(=O)N(CCCCCC)CCCCCCCC)CCCCO[I-]I. The van der Waals surface area contributed by atoms with Gasteiger partial charge in [-0.25, -0.2) is 0 Å². The predicted molar refractivity (Wildman–Crippen MR) is 249 cm³/mol. The summed E-state index contributed by atoms with van der Waals surface area (Å²) in [6, 6.07) is 0. The molecule has 0 atom stereocenters. The van der Waals surface area contributed by atoms with Crippen LogP contribution in [0.1, 0.15) is 246 Å². The van der Waals surface area contributed by atoms with Crippen molar-refractivity contribution in [1.29, 1.82) is 0 Å². The normalized spacial score (nSPS) is 11.6. The van der Waals surface area contributed by atoms with Crippen molar-refractivity contribution in [2.45, 2.75) is 246 Å². The van der Waals surface area contributed by atoms with Crippen molar-refractivity contribution < 1.29 is 30.3 Å². The van der Waals surface area contributed by atoms with Gasteiger partial charge in [0, 0.05) is 39.0 Å². The first-order valence-corrected chi connectivity index (χ1v) is 31.9. The number of amides is 2. The summed E-state index contributed by atoms with van der Waals surface area (Å²) < 4.78 is 5.71. The molecule has 0 fully saturated rings. The Morgan fingerprint density at radius 1 is 0.375 bits per heavy atom. The van der Waals surface area contributed by atoms with Crippen LogP contribution in [-0.4, -0.2) is 78.9 Å². The molecule has 0 aliphatic heterocycles. The standard InChI is InChI=1S/C48H96I2N3O3/c1-5-9-13-17-25-33-44-52(42-31-15-11-7-3)47(54)37-27-21-19-23-29-39-51(41-35-36-46-56-50-49)40-30-24-20-22-28-38-48(55)53(43-32-16-12-8-4)45-34-26-18-14-10-6-2/h5-46H2,1-4H3/q-1. The molecule has 0 bridgehead atoms. The zero-order chi connectivity index (χ0) is 41.0. The fourth-order valence-corrected chi connectivity index (χ4v) is 9.40. The van der Waals surface area contributed by atoms with Gasteiger partial charge in [0.05, 0.1) is 0 Å². The third kappa shape index (κ3) is 38.5. The van der Waals surface area contributed by atoms with Gasteiger partial charge in [0.1, 0.15) is 0 Å². The van der Waals surface area contributed by atoms with Gasteiger partial charge in [0.2, 0.25) is 11.8 Å². The Bertz CT molecular complexity index is 763. The van der Waals surface area contributed by atoms with E-state index in [1.807, 2.05) is 0 Å². The van der Waals surface area contributed by atoms with E-state index < -0.39 is 0 Å². The quantitative estimate of drug-likeness (QED) is 0.0450. The van der Waals surface area contributed by atoms with Gasteiger partial charge in [-0.3, -0.25) is 9.59 Å². The fraction of sp³-hybridized carbons (Fsp3) is 0.958. The molecule has 6 nitrogen and oxygen atoms in total. The molecule has 0 saturated heterocycles. The summed E-state index contributed by atoms with van der Waals surface area (Å²) in [5, 5.41) is 0. The number of nitrogens with zero attached hydrogens (tertiary/aromatic N) is 3. The van der Waals surface area contributed by atoms with Crippen LogP contribution in [0.2, 0.25) is 0 Å². The van der Waals surface area contributed by atoms with Crippen LogP contribution in [0, 0.1) is 0 Å². The third-order valence-corrected chi connectivity index (χ3v) is 13.8. The first kappa shape index (κ1) is 56.3. The Hall–Kier alpha value is 0.320. The summed E-state index contributed by atoms with van der Waals surface area (Å²) in [6.07, 6.45) is 41.3. The van der Waals surface area contributed by atoms with E-state index in [2.05, 4.69) is 61.0 Å². The zero-order valence-electron chi connectivity index (χ0n) is 38.0. The Morgan fingerprint density at radius 2 is 0.643 bits per heavy atom. The monoisotopic (exact) mass is 1020 g/mol. The summed E-state index contributed by atoms with van der Waals surface area (Å²) in [7, 11) is 0. The molecule has 0 heterocycles. The van der Waals surface area contributed by atoms with E-state index in [9.17, 15) is 9.59 Å². The Kier molecular flexibility index (Phi) is 46.7. The molecule has 0 N–H and O–H groups in total.